The summed E-state index contributed by atoms with van der Waals surface area (Å²) in [6.07, 6.45) is 0. The highest BCUT2D eigenvalue weighted by molar-refractivity contribution is 6.08. The number of nitrogens with one attached hydrogen (secondary N) is 2. The largest absolute Gasteiger partial charge is 0.482 e. The van der Waals surface area contributed by atoms with E-state index in [-0.39, 0.29) is 36.4 Å². The zero-order valence-electron chi connectivity index (χ0n) is 19.5. The Hall–Kier alpha value is -4.44. The summed E-state index contributed by atoms with van der Waals surface area (Å²) in [7, 11) is 0. The van der Waals surface area contributed by atoms with Crippen molar-refractivity contribution in [3.63, 3.8) is 0 Å². The molecule has 0 unspecified atom stereocenters. The molecule has 184 valence electrons. The minimum absolute atomic E-state index is 0.0656. The molecule has 0 saturated carbocycles. The van der Waals surface area contributed by atoms with Crippen LogP contribution >= 0.6 is 0 Å². The Kier molecular flexibility index (Phi) is 6.03. The number of anilines is 1. The highest BCUT2D eigenvalue weighted by Gasteiger charge is 2.34. The summed E-state index contributed by atoms with van der Waals surface area (Å²) in [5.41, 5.74) is 3.19. The molecule has 0 bridgehead atoms. The maximum atomic E-state index is 13.2. The third-order valence-corrected chi connectivity index (χ3v) is 6.30. The molecule has 0 spiro atoms. The molecule has 10 heteroatoms. The predicted octanol–water partition coefficient (Wildman–Crippen LogP) is 1.64. The summed E-state index contributed by atoms with van der Waals surface area (Å²) >= 11 is 0. The molecule has 36 heavy (non-hydrogen) atoms. The smallest absolute Gasteiger partial charge is 0.271 e. The topological polar surface area (TPSA) is 117 Å². The van der Waals surface area contributed by atoms with Gasteiger partial charge in [0.25, 0.3) is 23.6 Å². The highest BCUT2D eigenvalue weighted by Crippen LogP contribution is 2.38. The van der Waals surface area contributed by atoms with Crippen molar-refractivity contribution >= 4 is 29.3 Å². The van der Waals surface area contributed by atoms with E-state index in [0.29, 0.717) is 43.3 Å². The lowest BCUT2D eigenvalue weighted by atomic mass is 9.96. The highest BCUT2D eigenvalue weighted by atomic mass is 16.5. The quantitative estimate of drug-likeness (QED) is 0.618. The Morgan fingerprint density at radius 3 is 2.56 bits per heavy atom. The van der Waals surface area contributed by atoms with Crippen molar-refractivity contribution in [1.29, 1.82) is 0 Å². The predicted molar refractivity (Wildman–Crippen MR) is 130 cm³/mol. The fourth-order valence-electron chi connectivity index (χ4n) is 4.41. The van der Waals surface area contributed by atoms with Crippen molar-refractivity contribution in [2.75, 3.05) is 38.2 Å². The number of hydrogen-bond acceptors (Lipinski definition) is 6. The van der Waals surface area contributed by atoms with Crippen LogP contribution in [-0.2, 0) is 25.7 Å². The second-order valence-corrected chi connectivity index (χ2v) is 8.55. The van der Waals surface area contributed by atoms with Crippen LogP contribution in [0, 0.1) is 0 Å². The lowest BCUT2D eigenvalue weighted by Crippen LogP contribution is -2.45. The van der Waals surface area contributed by atoms with Gasteiger partial charge in [-0.05, 0) is 34.9 Å². The zero-order chi connectivity index (χ0) is 25.4. The lowest BCUT2D eigenvalue weighted by Gasteiger charge is -2.27. The number of rotatable bonds is 5. The molecule has 0 atom stereocenters. The summed E-state index contributed by atoms with van der Waals surface area (Å²) in [5.74, 6) is -1.12. The van der Waals surface area contributed by atoms with Gasteiger partial charge in [-0.1, -0.05) is 31.4 Å². The van der Waals surface area contributed by atoms with Crippen LogP contribution in [0.5, 0.6) is 5.75 Å². The average molecular weight is 489 g/mol. The van der Waals surface area contributed by atoms with Gasteiger partial charge in [0.15, 0.2) is 6.61 Å². The Labute approximate surface area is 207 Å². The second kappa shape index (κ2) is 9.31. The number of carbonyl (C=O) groups is 4. The minimum Gasteiger partial charge on any atom is -0.482 e. The van der Waals surface area contributed by atoms with Crippen LogP contribution in [0.4, 0.5) is 5.69 Å². The van der Waals surface area contributed by atoms with Gasteiger partial charge < -0.3 is 25.0 Å². The maximum Gasteiger partial charge on any atom is 0.271 e. The Balaban J connectivity index is 1.32. The number of nitrogens with zero attached hydrogens (tertiary/aromatic N) is 2. The van der Waals surface area contributed by atoms with Gasteiger partial charge in [-0.2, -0.15) is 0 Å². The van der Waals surface area contributed by atoms with E-state index in [1.165, 1.54) is 4.90 Å². The molecule has 2 aromatic carbocycles. The van der Waals surface area contributed by atoms with Gasteiger partial charge in [-0.3, -0.25) is 24.1 Å². The van der Waals surface area contributed by atoms with Gasteiger partial charge in [0, 0.05) is 18.7 Å². The number of carbonyl (C=O) groups excluding carboxylic acids is 4. The summed E-state index contributed by atoms with van der Waals surface area (Å²) in [6, 6.07) is 10.7. The van der Waals surface area contributed by atoms with E-state index in [9.17, 15) is 19.2 Å². The third-order valence-electron chi connectivity index (χ3n) is 6.30. The van der Waals surface area contributed by atoms with Crippen LogP contribution in [0.2, 0.25) is 0 Å². The van der Waals surface area contributed by atoms with Crippen LogP contribution < -0.4 is 15.4 Å². The summed E-state index contributed by atoms with van der Waals surface area (Å²) in [4.78, 5) is 53.0. The molecule has 3 heterocycles. The summed E-state index contributed by atoms with van der Waals surface area (Å²) in [6.45, 7) is 9.24. The van der Waals surface area contributed by atoms with E-state index in [1.807, 2.05) is 12.1 Å². The van der Waals surface area contributed by atoms with Crippen LogP contribution in [0.3, 0.4) is 0 Å². The standard InChI is InChI=1S/C26H24N4O6/c1-15(25(33)29-8-10-35-11-9-29)27-24(32)16(2)30-13-20-18(4-3-5-19(20)26(30)34)17-6-7-21-22(12-17)36-14-23(31)28-21/h3-7,12H,1-2,8-11,13-14H2,(H,27,32)(H,28,31). The molecule has 3 aliphatic heterocycles. The summed E-state index contributed by atoms with van der Waals surface area (Å²) in [5, 5.41) is 5.23. The van der Waals surface area contributed by atoms with Crippen LogP contribution in [0.25, 0.3) is 11.1 Å². The monoisotopic (exact) mass is 488 g/mol. The van der Waals surface area contributed by atoms with Crippen molar-refractivity contribution < 1.29 is 28.7 Å². The third kappa shape index (κ3) is 4.22. The molecule has 5 rings (SSSR count). The number of fused-ring (bicyclic) bond motifs is 2. The molecule has 4 amide bonds. The SMILES string of the molecule is C=C(NC(=O)C(=C)N1Cc2c(cccc2-c2ccc3c(c2)OCC(=O)N3)C1=O)C(=O)N1CCOCC1. The Morgan fingerprint density at radius 1 is 1.03 bits per heavy atom. The molecule has 2 aromatic rings. The Bertz CT molecular complexity index is 1330. The van der Waals surface area contributed by atoms with Gasteiger partial charge in [-0.15, -0.1) is 0 Å². The first-order chi connectivity index (χ1) is 17.3. The fraction of sp³-hybridized carbons (Fsp3) is 0.231. The van der Waals surface area contributed by atoms with E-state index < -0.39 is 11.8 Å². The second-order valence-electron chi connectivity index (χ2n) is 8.55. The number of morpholine rings is 1. The number of ether oxygens (including phenoxy) is 2. The molecular weight excluding hydrogens is 464 g/mol. The molecule has 0 aromatic heterocycles. The first kappa shape index (κ1) is 23.3. The van der Waals surface area contributed by atoms with E-state index in [4.69, 9.17) is 9.47 Å². The molecular formula is C26H24N4O6. The first-order valence-electron chi connectivity index (χ1n) is 11.4. The Morgan fingerprint density at radius 2 is 1.78 bits per heavy atom. The van der Waals surface area contributed by atoms with Crippen LogP contribution in [0.15, 0.2) is 61.0 Å². The molecule has 0 aliphatic carbocycles. The van der Waals surface area contributed by atoms with Crippen molar-refractivity contribution in [3.8, 4) is 16.9 Å². The molecule has 3 aliphatic rings. The molecule has 2 N–H and O–H groups in total. The lowest BCUT2D eigenvalue weighted by molar-refractivity contribution is -0.132. The number of amides is 4. The normalized spacial score (nSPS) is 16.4. The molecule has 0 radical (unpaired) electrons. The first-order valence-corrected chi connectivity index (χ1v) is 11.4. The van der Waals surface area contributed by atoms with Gasteiger partial charge in [0.1, 0.15) is 11.4 Å². The number of benzene rings is 2. The maximum absolute atomic E-state index is 13.2. The van der Waals surface area contributed by atoms with E-state index in [2.05, 4.69) is 23.8 Å². The number of hydrogen-bond donors (Lipinski definition) is 2. The van der Waals surface area contributed by atoms with Gasteiger partial charge in [0.2, 0.25) is 0 Å². The zero-order valence-corrected chi connectivity index (χ0v) is 19.5. The van der Waals surface area contributed by atoms with Crippen LogP contribution in [-0.4, -0.2) is 66.3 Å². The minimum atomic E-state index is -0.678. The summed E-state index contributed by atoms with van der Waals surface area (Å²) < 4.78 is 10.8. The van der Waals surface area contributed by atoms with Gasteiger partial charge >= 0.3 is 0 Å². The average Bonchev–Trinajstić information content (AvgIpc) is 3.24. The van der Waals surface area contributed by atoms with Crippen molar-refractivity contribution in [2.45, 2.75) is 6.54 Å². The van der Waals surface area contributed by atoms with E-state index in [1.54, 1.807) is 29.2 Å². The van der Waals surface area contributed by atoms with Crippen molar-refractivity contribution in [1.82, 2.24) is 15.1 Å². The molecule has 1 fully saturated rings. The van der Waals surface area contributed by atoms with E-state index >= 15 is 0 Å². The molecule has 1 saturated heterocycles. The van der Waals surface area contributed by atoms with Gasteiger partial charge in [-0.25, -0.2) is 0 Å². The van der Waals surface area contributed by atoms with Crippen molar-refractivity contribution in [2.24, 2.45) is 0 Å². The van der Waals surface area contributed by atoms with Crippen LogP contribution in [0.1, 0.15) is 15.9 Å². The molecule has 10 nitrogen and oxygen atoms in total. The fourth-order valence-corrected chi connectivity index (χ4v) is 4.41. The van der Waals surface area contributed by atoms with E-state index in [0.717, 1.165) is 16.7 Å². The van der Waals surface area contributed by atoms with Crippen molar-refractivity contribution in [3.05, 3.63) is 72.1 Å². The van der Waals surface area contributed by atoms with Gasteiger partial charge in [0.05, 0.1) is 31.1 Å².